The van der Waals surface area contributed by atoms with Gasteiger partial charge in [0.1, 0.15) is 0 Å². The molecule has 2 heterocycles. The summed E-state index contributed by atoms with van der Waals surface area (Å²) in [5, 5.41) is 7.38. The van der Waals surface area contributed by atoms with Gasteiger partial charge in [-0.15, -0.1) is 0 Å². The van der Waals surface area contributed by atoms with E-state index in [0.717, 1.165) is 11.1 Å². The summed E-state index contributed by atoms with van der Waals surface area (Å²) in [4.78, 5) is 24.2. The topological polar surface area (TPSA) is 64.0 Å². The first-order valence-corrected chi connectivity index (χ1v) is 8.42. The number of aromatic nitrogens is 2. The fourth-order valence-corrected chi connectivity index (χ4v) is 3.12. The molecule has 5 nitrogen and oxygen atoms in total. The molecule has 0 fully saturated rings. The smallest absolute Gasteiger partial charge is 0.258 e. The minimum Gasteiger partial charge on any atom is -0.288 e. The number of hydrogen-bond acceptors (Lipinski definition) is 3. The molecule has 0 radical (unpaired) electrons. The van der Waals surface area contributed by atoms with Gasteiger partial charge >= 0.3 is 0 Å². The summed E-state index contributed by atoms with van der Waals surface area (Å²) in [7, 11) is 0. The molecule has 0 saturated heterocycles. The molecule has 2 aromatic carbocycles. The third kappa shape index (κ3) is 3.05. The maximum absolute atomic E-state index is 12.3. The Morgan fingerprint density at radius 3 is 2.54 bits per heavy atom. The number of hydrogen-bond donors (Lipinski definition) is 1. The van der Waals surface area contributed by atoms with Crippen LogP contribution in [0.2, 0.25) is 5.02 Å². The lowest BCUT2D eigenvalue weighted by Crippen LogP contribution is -2.36. The molecule has 1 aliphatic rings. The van der Waals surface area contributed by atoms with E-state index in [1.54, 1.807) is 41.2 Å². The zero-order valence-electron chi connectivity index (χ0n) is 13.6. The minimum atomic E-state index is -0.410. The Labute approximate surface area is 154 Å². The minimum absolute atomic E-state index is 0.378. The molecule has 2 amide bonds. The van der Waals surface area contributed by atoms with Crippen molar-refractivity contribution in [1.82, 2.24) is 15.1 Å². The quantitative estimate of drug-likeness (QED) is 0.573. The molecular formula is C20H14ClN3O2. The van der Waals surface area contributed by atoms with Crippen LogP contribution in [-0.4, -0.2) is 21.6 Å². The predicted molar refractivity (Wildman–Crippen MR) is 99.6 cm³/mol. The molecule has 1 N–H and O–H groups in total. The first kappa shape index (κ1) is 16.3. The molecule has 6 heteroatoms. The largest absolute Gasteiger partial charge is 0.288 e. The summed E-state index contributed by atoms with van der Waals surface area (Å²) in [6, 6.07) is 14.6. The Bertz CT molecular complexity index is 1050. The molecule has 0 atom stereocenters. The van der Waals surface area contributed by atoms with E-state index in [4.69, 9.17) is 11.6 Å². The highest BCUT2D eigenvalue weighted by Gasteiger charge is 2.26. The van der Waals surface area contributed by atoms with Gasteiger partial charge in [0.25, 0.3) is 11.8 Å². The highest BCUT2D eigenvalue weighted by molar-refractivity contribution is 6.34. The second-order valence-electron chi connectivity index (χ2n) is 5.95. The lowest BCUT2D eigenvalue weighted by atomic mass is 9.94. The van der Waals surface area contributed by atoms with E-state index in [1.165, 1.54) is 0 Å². The van der Waals surface area contributed by atoms with Crippen molar-refractivity contribution in [2.24, 2.45) is 0 Å². The number of halogens is 1. The van der Waals surface area contributed by atoms with Gasteiger partial charge in [-0.3, -0.25) is 19.6 Å². The molecule has 0 bridgehead atoms. The molecular weight excluding hydrogens is 350 g/mol. The Balaban J connectivity index is 1.66. The van der Waals surface area contributed by atoms with Crippen LogP contribution in [0.5, 0.6) is 0 Å². The maximum Gasteiger partial charge on any atom is 0.258 e. The number of amides is 2. The number of carbonyl (C=O) groups is 2. The number of rotatable bonds is 3. The first-order chi connectivity index (χ1) is 12.6. The Morgan fingerprint density at radius 2 is 1.73 bits per heavy atom. The highest BCUT2D eigenvalue weighted by atomic mass is 35.5. The van der Waals surface area contributed by atoms with Crippen molar-refractivity contribution in [3.8, 4) is 0 Å². The van der Waals surface area contributed by atoms with E-state index in [0.29, 0.717) is 28.3 Å². The molecule has 128 valence electrons. The Morgan fingerprint density at radius 1 is 1.00 bits per heavy atom. The number of benzene rings is 2. The number of fused-ring (bicyclic) bond motifs is 1. The number of nitrogens with zero attached hydrogens (tertiary/aromatic N) is 2. The fraction of sp³-hybridized carbons (Fsp3) is 0.0500. The van der Waals surface area contributed by atoms with E-state index in [1.807, 2.05) is 30.5 Å². The molecule has 0 saturated carbocycles. The van der Waals surface area contributed by atoms with Crippen molar-refractivity contribution >= 4 is 35.1 Å². The molecule has 0 aliphatic carbocycles. The Hall–Kier alpha value is -3.18. The third-order valence-corrected chi connectivity index (χ3v) is 4.56. The molecule has 26 heavy (non-hydrogen) atoms. The third-order valence-electron chi connectivity index (χ3n) is 4.19. The molecule has 3 aromatic rings. The summed E-state index contributed by atoms with van der Waals surface area (Å²) in [6.45, 7) is 0.532. The van der Waals surface area contributed by atoms with Crippen LogP contribution in [0.3, 0.4) is 0 Å². The van der Waals surface area contributed by atoms with E-state index in [9.17, 15) is 9.59 Å². The summed E-state index contributed by atoms with van der Waals surface area (Å²) < 4.78 is 1.76. The average molecular weight is 364 g/mol. The zero-order chi connectivity index (χ0) is 18.1. The second kappa shape index (κ2) is 6.61. The van der Waals surface area contributed by atoms with Gasteiger partial charge in [-0.1, -0.05) is 48.0 Å². The van der Waals surface area contributed by atoms with Crippen LogP contribution >= 0.6 is 11.6 Å². The zero-order valence-corrected chi connectivity index (χ0v) is 14.4. The van der Waals surface area contributed by atoms with Gasteiger partial charge in [-0.2, -0.15) is 5.10 Å². The SMILES string of the molecule is O=C1NC(=O)c2ccccc2/C1=C/c1cnn(Cc2ccccc2Cl)c1. The van der Waals surface area contributed by atoms with Crippen LogP contribution in [0.15, 0.2) is 60.9 Å². The van der Waals surface area contributed by atoms with Crippen LogP contribution in [0, 0.1) is 0 Å². The van der Waals surface area contributed by atoms with Crippen molar-refractivity contribution in [3.63, 3.8) is 0 Å². The predicted octanol–water partition coefficient (Wildman–Crippen LogP) is 3.40. The van der Waals surface area contributed by atoms with Crippen LogP contribution in [0.4, 0.5) is 0 Å². The molecule has 1 aliphatic heterocycles. The van der Waals surface area contributed by atoms with Crippen LogP contribution < -0.4 is 5.32 Å². The lowest BCUT2D eigenvalue weighted by molar-refractivity contribution is -0.114. The van der Waals surface area contributed by atoms with Crippen molar-refractivity contribution in [1.29, 1.82) is 0 Å². The van der Waals surface area contributed by atoms with Crippen molar-refractivity contribution in [2.75, 3.05) is 0 Å². The monoisotopic (exact) mass is 363 g/mol. The summed E-state index contributed by atoms with van der Waals surface area (Å²) in [5.41, 5.74) is 3.29. The van der Waals surface area contributed by atoms with Crippen molar-refractivity contribution in [2.45, 2.75) is 6.54 Å². The van der Waals surface area contributed by atoms with Gasteiger partial charge in [0.2, 0.25) is 0 Å². The van der Waals surface area contributed by atoms with Crippen LogP contribution in [-0.2, 0) is 11.3 Å². The average Bonchev–Trinajstić information content (AvgIpc) is 3.08. The van der Waals surface area contributed by atoms with E-state index in [-0.39, 0.29) is 5.91 Å². The number of imide groups is 1. The number of nitrogens with one attached hydrogen (secondary N) is 1. The highest BCUT2D eigenvalue weighted by Crippen LogP contribution is 2.26. The molecule has 0 spiro atoms. The molecule has 1 aromatic heterocycles. The van der Waals surface area contributed by atoms with Gasteiger partial charge in [-0.25, -0.2) is 0 Å². The number of carbonyl (C=O) groups excluding carboxylic acids is 2. The van der Waals surface area contributed by atoms with Gasteiger partial charge < -0.3 is 0 Å². The van der Waals surface area contributed by atoms with Gasteiger partial charge in [0, 0.05) is 27.9 Å². The molecule has 4 rings (SSSR count). The Kier molecular flexibility index (Phi) is 4.14. The van der Waals surface area contributed by atoms with Crippen molar-refractivity contribution in [3.05, 3.63) is 88.2 Å². The normalized spacial score (nSPS) is 15.0. The standard InChI is InChI=1S/C20H14ClN3O2/c21-18-8-4-1-5-14(18)12-24-11-13(10-22-24)9-17-15-6-2-3-7-16(15)19(25)23-20(17)26/h1-11H,12H2,(H,23,25,26)/b17-9-. The van der Waals surface area contributed by atoms with Gasteiger partial charge in [-0.05, 0) is 29.3 Å². The fourth-order valence-electron chi connectivity index (χ4n) is 2.93. The maximum atomic E-state index is 12.3. The van der Waals surface area contributed by atoms with Crippen LogP contribution in [0.25, 0.3) is 11.6 Å². The molecule has 0 unspecified atom stereocenters. The second-order valence-corrected chi connectivity index (χ2v) is 6.36. The van der Waals surface area contributed by atoms with Crippen molar-refractivity contribution < 1.29 is 9.59 Å². The van der Waals surface area contributed by atoms with E-state index >= 15 is 0 Å². The summed E-state index contributed by atoms with van der Waals surface area (Å²) >= 11 is 6.19. The first-order valence-electron chi connectivity index (χ1n) is 8.04. The van der Waals surface area contributed by atoms with Gasteiger partial charge in [0.05, 0.1) is 12.7 Å². The summed E-state index contributed by atoms with van der Waals surface area (Å²) in [6.07, 6.45) is 5.25. The van der Waals surface area contributed by atoms with E-state index in [2.05, 4.69) is 10.4 Å². The van der Waals surface area contributed by atoms with Gasteiger partial charge in [0.15, 0.2) is 0 Å². The van der Waals surface area contributed by atoms with Crippen LogP contribution in [0.1, 0.15) is 27.0 Å². The summed E-state index contributed by atoms with van der Waals surface area (Å²) in [5.74, 6) is -0.787. The lowest BCUT2D eigenvalue weighted by Gasteiger charge is -2.17. The van der Waals surface area contributed by atoms with E-state index < -0.39 is 5.91 Å².